The van der Waals surface area contributed by atoms with Gasteiger partial charge in [0.05, 0.1) is 25.4 Å². The maximum Gasteiger partial charge on any atom is 0.118 e. The lowest BCUT2D eigenvalue weighted by Crippen LogP contribution is -2.65. The monoisotopic (exact) mass is 358 g/mol. The van der Waals surface area contributed by atoms with Gasteiger partial charge in [0, 0.05) is 0 Å². The highest BCUT2D eigenvalue weighted by molar-refractivity contribution is 5.27. The molecule has 1 aromatic carbocycles. The van der Waals surface area contributed by atoms with E-state index >= 15 is 0 Å². The number of benzene rings is 1. The zero-order valence-corrected chi connectivity index (χ0v) is 16.9. The Bertz CT molecular complexity index is 661. The number of methoxy groups -OCH3 is 1. The van der Waals surface area contributed by atoms with E-state index in [-0.39, 0.29) is 16.9 Å². The van der Waals surface area contributed by atoms with Crippen LogP contribution in [-0.2, 0) is 11.3 Å². The summed E-state index contributed by atoms with van der Waals surface area (Å²) in [5.74, 6) is 2.29. The van der Waals surface area contributed by atoms with Crippen molar-refractivity contribution in [3.8, 4) is 5.75 Å². The molecule has 3 nitrogen and oxygen atoms in total. The van der Waals surface area contributed by atoms with Gasteiger partial charge in [0.1, 0.15) is 5.75 Å². The third-order valence-corrected chi connectivity index (χ3v) is 8.30. The summed E-state index contributed by atoms with van der Waals surface area (Å²) in [6, 6.07) is 8.08. The minimum atomic E-state index is -0.708. The van der Waals surface area contributed by atoms with Gasteiger partial charge < -0.3 is 14.6 Å². The van der Waals surface area contributed by atoms with E-state index < -0.39 is 5.60 Å². The van der Waals surface area contributed by atoms with Gasteiger partial charge in [0.2, 0.25) is 0 Å². The highest BCUT2D eigenvalue weighted by Gasteiger charge is 2.70. The fourth-order valence-electron chi connectivity index (χ4n) is 6.64. The van der Waals surface area contributed by atoms with Crippen molar-refractivity contribution in [2.45, 2.75) is 71.7 Å². The lowest BCUT2D eigenvalue weighted by atomic mass is 9.53. The summed E-state index contributed by atoms with van der Waals surface area (Å²) in [7, 11) is 1.68. The minimum Gasteiger partial charge on any atom is -0.497 e. The van der Waals surface area contributed by atoms with Crippen molar-refractivity contribution in [2.75, 3.05) is 7.11 Å². The molecule has 3 saturated carbocycles. The molecule has 1 aromatic rings. The molecule has 0 aliphatic heterocycles. The zero-order chi connectivity index (χ0) is 18.7. The van der Waals surface area contributed by atoms with Crippen LogP contribution in [0.4, 0.5) is 0 Å². The minimum absolute atomic E-state index is 0.0825. The average molecular weight is 359 g/mol. The maximum atomic E-state index is 12.0. The average Bonchev–Trinajstić information content (AvgIpc) is 2.96. The molecule has 0 aromatic heterocycles. The van der Waals surface area contributed by atoms with Gasteiger partial charge in [-0.3, -0.25) is 0 Å². The van der Waals surface area contributed by atoms with Gasteiger partial charge in [-0.05, 0) is 72.0 Å². The Kier molecular flexibility index (Phi) is 4.20. The molecular weight excluding hydrogens is 324 g/mol. The molecule has 0 spiro atoms. The number of ether oxygens (including phenoxy) is 2. The Balaban J connectivity index is 1.63. The molecule has 0 heterocycles. The van der Waals surface area contributed by atoms with E-state index in [1.807, 2.05) is 12.1 Å². The second kappa shape index (κ2) is 5.97. The summed E-state index contributed by atoms with van der Waals surface area (Å²) in [5, 5.41) is 12.0. The van der Waals surface area contributed by atoms with Gasteiger partial charge in [0.15, 0.2) is 0 Å². The van der Waals surface area contributed by atoms with E-state index in [9.17, 15) is 5.11 Å². The molecule has 3 heteroatoms. The van der Waals surface area contributed by atoms with Gasteiger partial charge >= 0.3 is 0 Å². The lowest BCUT2D eigenvalue weighted by molar-refractivity contribution is -0.243. The van der Waals surface area contributed by atoms with E-state index in [2.05, 4.69) is 39.8 Å². The van der Waals surface area contributed by atoms with E-state index in [1.54, 1.807) is 7.11 Å². The van der Waals surface area contributed by atoms with Gasteiger partial charge in [0.25, 0.3) is 0 Å². The Morgan fingerprint density at radius 3 is 2.27 bits per heavy atom. The highest BCUT2D eigenvalue weighted by Crippen LogP contribution is 2.68. The van der Waals surface area contributed by atoms with Crippen LogP contribution < -0.4 is 4.74 Å². The highest BCUT2D eigenvalue weighted by atomic mass is 16.5. The van der Waals surface area contributed by atoms with Crippen LogP contribution in [-0.4, -0.2) is 23.9 Å². The molecule has 4 rings (SSSR count). The summed E-state index contributed by atoms with van der Waals surface area (Å²) < 4.78 is 11.8. The molecule has 26 heavy (non-hydrogen) atoms. The fourth-order valence-corrected chi connectivity index (χ4v) is 6.64. The number of hydrogen-bond donors (Lipinski definition) is 1. The van der Waals surface area contributed by atoms with Crippen LogP contribution >= 0.6 is 0 Å². The largest absolute Gasteiger partial charge is 0.497 e. The van der Waals surface area contributed by atoms with E-state index in [4.69, 9.17) is 9.47 Å². The van der Waals surface area contributed by atoms with E-state index in [0.717, 1.165) is 24.2 Å². The Labute approximate surface area is 158 Å². The summed E-state index contributed by atoms with van der Waals surface area (Å²) in [6.07, 6.45) is 4.56. The van der Waals surface area contributed by atoms with Crippen molar-refractivity contribution in [1.82, 2.24) is 0 Å². The van der Waals surface area contributed by atoms with Crippen LogP contribution in [0, 0.1) is 28.6 Å². The molecule has 3 aliphatic rings. The van der Waals surface area contributed by atoms with Crippen molar-refractivity contribution in [3.63, 3.8) is 0 Å². The Morgan fingerprint density at radius 1 is 0.962 bits per heavy atom. The molecule has 4 unspecified atom stereocenters. The molecule has 2 bridgehead atoms. The fraction of sp³-hybridized carbons (Fsp3) is 0.739. The Hall–Kier alpha value is -1.06. The smallest absolute Gasteiger partial charge is 0.118 e. The predicted molar refractivity (Wildman–Crippen MR) is 103 cm³/mol. The lowest BCUT2D eigenvalue weighted by Gasteiger charge is -2.57. The molecule has 3 aliphatic carbocycles. The first-order valence-electron chi connectivity index (χ1n) is 10.2. The SMILES string of the molecule is COc1ccc(CO[C@@H]2C3CCC(C4CCC(C)(C)C42O)C3(C)C)cc1. The second-order valence-electron chi connectivity index (χ2n) is 10.0. The molecule has 5 atom stereocenters. The van der Waals surface area contributed by atoms with Crippen LogP contribution in [0.15, 0.2) is 24.3 Å². The predicted octanol–water partition coefficient (Wildman–Crippen LogP) is 4.81. The third-order valence-electron chi connectivity index (χ3n) is 8.30. The van der Waals surface area contributed by atoms with Crippen molar-refractivity contribution in [2.24, 2.45) is 28.6 Å². The van der Waals surface area contributed by atoms with Crippen LogP contribution in [0.25, 0.3) is 0 Å². The van der Waals surface area contributed by atoms with Crippen LogP contribution in [0.2, 0.25) is 0 Å². The molecule has 1 N–H and O–H groups in total. The van der Waals surface area contributed by atoms with Gasteiger partial charge in [-0.25, -0.2) is 0 Å². The van der Waals surface area contributed by atoms with Crippen molar-refractivity contribution in [1.29, 1.82) is 0 Å². The first-order valence-corrected chi connectivity index (χ1v) is 10.2. The normalized spacial score (nSPS) is 39.6. The van der Waals surface area contributed by atoms with E-state index in [1.165, 1.54) is 12.8 Å². The summed E-state index contributed by atoms with van der Waals surface area (Å²) in [4.78, 5) is 0. The molecule has 3 fully saturated rings. The second-order valence-corrected chi connectivity index (χ2v) is 10.0. The first kappa shape index (κ1) is 18.3. The number of fused-ring (bicyclic) bond motifs is 4. The molecular formula is C23H34O3. The topological polar surface area (TPSA) is 38.7 Å². The third kappa shape index (κ3) is 2.39. The van der Waals surface area contributed by atoms with Crippen molar-refractivity contribution >= 4 is 0 Å². The van der Waals surface area contributed by atoms with Crippen LogP contribution in [0.3, 0.4) is 0 Å². The summed E-state index contributed by atoms with van der Waals surface area (Å²) >= 11 is 0. The van der Waals surface area contributed by atoms with Gasteiger partial charge in [-0.2, -0.15) is 0 Å². The van der Waals surface area contributed by atoms with Crippen molar-refractivity contribution < 1.29 is 14.6 Å². The van der Waals surface area contributed by atoms with Crippen LogP contribution in [0.1, 0.15) is 58.9 Å². The van der Waals surface area contributed by atoms with Gasteiger partial charge in [-0.1, -0.05) is 39.8 Å². The first-order chi connectivity index (χ1) is 12.2. The number of aliphatic hydroxyl groups is 1. The van der Waals surface area contributed by atoms with Crippen molar-refractivity contribution in [3.05, 3.63) is 29.8 Å². The quantitative estimate of drug-likeness (QED) is 0.839. The maximum absolute atomic E-state index is 12.0. The molecule has 0 radical (unpaired) electrons. The molecule has 0 saturated heterocycles. The standard InChI is InChI=1S/C23H34O3/c1-21(2)13-12-18-17-10-11-19(22(17,3)4)20(23(18,21)24)26-14-15-6-8-16(25-5)9-7-15/h6-9,17-20,24H,10-14H2,1-5H3/t17?,18?,19?,20-,23?/m1/s1. The molecule has 0 amide bonds. The number of hydrogen-bond acceptors (Lipinski definition) is 3. The molecule has 144 valence electrons. The summed E-state index contributed by atoms with van der Waals surface area (Å²) in [6.45, 7) is 9.86. The van der Waals surface area contributed by atoms with Gasteiger partial charge in [-0.15, -0.1) is 0 Å². The zero-order valence-electron chi connectivity index (χ0n) is 16.9. The van der Waals surface area contributed by atoms with E-state index in [0.29, 0.717) is 24.4 Å². The number of rotatable bonds is 4. The Morgan fingerprint density at radius 2 is 1.62 bits per heavy atom. The summed E-state index contributed by atoms with van der Waals surface area (Å²) in [5.41, 5.74) is 0.599. The van der Waals surface area contributed by atoms with Crippen LogP contribution in [0.5, 0.6) is 5.75 Å².